The highest BCUT2D eigenvalue weighted by molar-refractivity contribution is 8.16. The molecule has 3 rings (SSSR count). The minimum Gasteiger partial charge on any atom is -0.508 e. The van der Waals surface area contributed by atoms with E-state index in [4.69, 9.17) is 0 Å². The van der Waals surface area contributed by atoms with Gasteiger partial charge in [0.05, 0.1) is 16.1 Å². The summed E-state index contributed by atoms with van der Waals surface area (Å²) in [7, 11) is -0.672. The van der Waals surface area contributed by atoms with E-state index in [1.165, 1.54) is 0 Å². The fourth-order valence-electron chi connectivity index (χ4n) is 1.80. The largest absolute Gasteiger partial charge is 0.508 e. The van der Waals surface area contributed by atoms with Crippen LogP contribution < -0.4 is 0 Å². The first-order valence-corrected chi connectivity index (χ1v) is 7.36. The van der Waals surface area contributed by atoms with Crippen molar-refractivity contribution in [3.05, 3.63) is 42.6 Å². The van der Waals surface area contributed by atoms with Crippen molar-refractivity contribution < 1.29 is 5.11 Å². The van der Waals surface area contributed by atoms with Crippen LogP contribution in [-0.2, 0) is 0 Å². The van der Waals surface area contributed by atoms with Crippen molar-refractivity contribution in [3.63, 3.8) is 0 Å². The molecule has 1 atom stereocenters. The lowest BCUT2D eigenvalue weighted by Crippen LogP contribution is -1.89. The van der Waals surface area contributed by atoms with Crippen molar-refractivity contribution >= 4 is 21.9 Å². The molecule has 0 fully saturated rings. The highest BCUT2D eigenvalue weighted by Gasteiger charge is 2.11. The molecular weight excluding hydrogens is 246 g/mol. The molecule has 0 aliphatic rings. The van der Waals surface area contributed by atoms with Crippen LogP contribution >= 0.6 is 10.9 Å². The summed E-state index contributed by atoms with van der Waals surface area (Å²) in [6, 6.07) is 11.2. The lowest BCUT2D eigenvalue weighted by Gasteiger charge is -2.11. The molecule has 2 N–H and O–H groups in total. The Morgan fingerprint density at radius 2 is 2.06 bits per heavy atom. The number of aromatic amines is 1. The molecule has 0 saturated heterocycles. The standard InChI is InChI=1S/C13H13N3OS/c1-18(12-8-9(17)6-7-14-12)13-15-10-4-2-3-5-11(10)16-13/h2-8,18H,1H3,(H,14,17)(H,15,16). The van der Waals surface area contributed by atoms with E-state index in [0.717, 1.165) is 21.2 Å². The Kier molecular flexibility index (Phi) is 2.68. The number of para-hydroxylation sites is 2. The maximum Gasteiger partial charge on any atom is 0.151 e. The number of aromatic nitrogens is 3. The number of thiol groups is 1. The van der Waals surface area contributed by atoms with Gasteiger partial charge in [0.2, 0.25) is 0 Å². The van der Waals surface area contributed by atoms with E-state index in [2.05, 4.69) is 21.2 Å². The van der Waals surface area contributed by atoms with Crippen molar-refractivity contribution in [1.82, 2.24) is 15.0 Å². The molecule has 3 aromatic rings. The van der Waals surface area contributed by atoms with Gasteiger partial charge in [-0.05, 0) is 24.5 Å². The second kappa shape index (κ2) is 4.34. The van der Waals surface area contributed by atoms with Crippen LogP contribution in [0.15, 0.2) is 52.8 Å². The molecule has 0 radical (unpaired) electrons. The van der Waals surface area contributed by atoms with Gasteiger partial charge in [-0.1, -0.05) is 12.1 Å². The quantitative estimate of drug-likeness (QED) is 0.620. The minimum atomic E-state index is -0.672. The van der Waals surface area contributed by atoms with Crippen LogP contribution in [0.2, 0.25) is 0 Å². The molecule has 2 aromatic heterocycles. The average molecular weight is 259 g/mol. The van der Waals surface area contributed by atoms with Crippen molar-refractivity contribution in [2.24, 2.45) is 0 Å². The summed E-state index contributed by atoms with van der Waals surface area (Å²) < 4.78 is 0. The molecule has 0 aliphatic carbocycles. The molecule has 4 nitrogen and oxygen atoms in total. The Balaban J connectivity index is 2.03. The van der Waals surface area contributed by atoms with Crippen molar-refractivity contribution in [1.29, 1.82) is 0 Å². The van der Waals surface area contributed by atoms with E-state index in [0.29, 0.717) is 0 Å². The molecule has 0 amide bonds. The molecule has 18 heavy (non-hydrogen) atoms. The van der Waals surface area contributed by atoms with Gasteiger partial charge in [-0.3, -0.25) is 4.98 Å². The van der Waals surface area contributed by atoms with Crippen LogP contribution in [-0.4, -0.2) is 26.3 Å². The van der Waals surface area contributed by atoms with Gasteiger partial charge in [0.1, 0.15) is 5.75 Å². The minimum absolute atomic E-state index is 0.241. The van der Waals surface area contributed by atoms with Crippen LogP contribution in [0.25, 0.3) is 11.0 Å². The number of nitrogens with zero attached hydrogens (tertiary/aromatic N) is 2. The zero-order valence-electron chi connectivity index (χ0n) is 9.83. The number of rotatable bonds is 2. The lowest BCUT2D eigenvalue weighted by atomic mass is 10.3. The zero-order valence-corrected chi connectivity index (χ0v) is 10.7. The summed E-state index contributed by atoms with van der Waals surface area (Å²) in [6.45, 7) is 0. The number of H-pyrrole nitrogens is 1. The van der Waals surface area contributed by atoms with Crippen LogP contribution in [0.1, 0.15) is 0 Å². The molecule has 92 valence electrons. The number of benzene rings is 1. The SMILES string of the molecule is C[SH](c1cc(O)ccn1)c1nc2ccccc2[nH]1. The van der Waals surface area contributed by atoms with E-state index >= 15 is 0 Å². The van der Waals surface area contributed by atoms with Gasteiger partial charge in [0.15, 0.2) is 5.16 Å². The summed E-state index contributed by atoms with van der Waals surface area (Å²) in [4.78, 5) is 12.2. The van der Waals surface area contributed by atoms with Crippen LogP contribution in [0.3, 0.4) is 0 Å². The number of hydrogen-bond acceptors (Lipinski definition) is 3. The van der Waals surface area contributed by atoms with E-state index in [1.54, 1.807) is 18.3 Å². The highest BCUT2D eigenvalue weighted by Crippen LogP contribution is 2.39. The number of imidazole rings is 1. The number of aromatic hydroxyl groups is 1. The third kappa shape index (κ3) is 1.93. The first-order chi connectivity index (χ1) is 8.74. The molecule has 5 heteroatoms. The van der Waals surface area contributed by atoms with Gasteiger partial charge in [0.25, 0.3) is 0 Å². The Bertz CT molecular complexity index is 662. The summed E-state index contributed by atoms with van der Waals surface area (Å²) in [5.41, 5.74) is 1.99. The fourth-order valence-corrected chi connectivity index (χ4v) is 3.13. The van der Waals surface area contributed by atoms with Gasteiger partial charge < -0.3 is 10.1 Å². The maximum atomic E-state index is 9.49. The van der Waals surface area contributed by atoms with Crippen molar-refractivity contribution in [2.45, 2.75) is 10.2 Å². The Morgan fingerprint density at radius 3 is 2.83 bits per heavy atom. The summed E-state index contributed by atoms with van der Waals surface area (Å²) in [6.07, 6.45) is 3.70. The first-order valence-electron chi connectivity index (χ1n) is 5.57. The van der Waals surface area contributed by atoms with Gasteiger partial charge >= 0.3 is 0 Å². The van der Waals surface area contributed by atoms with E-state index in [1.807, 2.05) is 24.3 Å². The topological polar surface area (TPSA) is 61.8 Å². The molecule has 1 unspecified atom stereocenters. The third-order valence-electron chi connectivity index (χ3n) is 2.77. The predicted octanol–water partition coefficient (Wildman–Crippen LogP) is 2.71. The number of nitrogens with one attached hydrogen (secondary N) is 1. The normalized spacial score (nSPS) is 13.7. The van der Waals surface area contributed by atoms with Crippen molar-refractivity contribution in [2.75, 3.05) is 6.26 Å². The molecule has 0 saturated carbocycles. The third-order valence-corrected chi connectivity index (χ3v) is 4.55. The maximum absolute atomic E-state index is 9.49. The summed E-state index contributed by atoms with van der Waals surface area (Å²) >= 11 is 0. The van der Waals surface area contributed by atoms with Gasteiger partial charge in [-0.2, -0.15) is 10.9 Å². The van der Waals surface area contributed by atoms with Crippen molar-refractivity contribution in [3.8, 4) is 5.75 Å². The molecule has 2 heterocycles. The zero-order chi connectivity index (χ0) is 12.5. The van der Waals surface area contributed by atoms with Gasteiger partial charge in [0, 0.05) is 12.3 Å². The summed E-state index contributed by atoms with van der Waals surface area (Å²) in [5, 5.41) is 11.3. The lowest BCUT2D eigenvalue weighted by molar-refractivity contribution is 0.472. The van der Waals surface area contributed by atoms with E-state index in [9.17, 15) is 5.11 Å². The van der Waals surface area contributed by atoms with Crippen LogP contribution in [0.5, 0.6) is 5.75 Å². The predicted molar refractivity (Wildman–Crippen MR) is 73.4 cm³/mol. The van der Waals surface area contributed by atoms with Crippen LogP contribution in [0.4, 0.5) is 0 Å². The number of pyridine rings is 1. The molecule has 1 aromatic carbocycles. The van der Waals surface area contributed by atoms with E-state index in [-0.39, 0.29) is 5.75 Å². The second-order valence-corrected chi connectivity index (χ2v) is 6.01. The van der Waals surface area contributed by atoms with Crippen LogP contribution in [0, 0.1) is 0 Å². The van der Waals surface area contributed by atoms with Gasteiger partial charge in [-0.25, -0.2) is 4.98 Å². The first kappa shape index (κ1) is 11.1. The number of hydrogen-bond donors (Lipinski definition) is 3. The molecular formula is C13H13N3OS. The second-order valence-electron chi connectivity index (χ2n) is 4.01. The summed E-state index contributed by atoms with van der Waals surface area (Å²) in [5.74, 6) is 0.241. The number of fused-ring (bicyclic) bond motifs is 1. The average Bonchev–Trinajstić information content (AvgIpc) is 2.81. The highest BCUT2D eigenvalue weighted by atomic mass is 32.2. The Hall–Kier alpha value is -2.01. The van der Waals surface area contributed by atoms with E-state index < -0.39 is 10.9 Å². The molecule has 0 spiro atoms. The molecule has 0 bridgehead atoms. The van der Waals surface area contributed by atoms with Gasteiger partial charge in [-0.15, -0.1) is 0 Å². The Morgan fingerprint density at radius 1 is 1.22 bits per heavy atom. The Labute approximate surface area is 107 Å². The monoisotopic (exact) mass is 259 g/mol. The molecule has 0 aliphatic heterocycles. The fraction of sp³-hybridized carbons (Fsp3) is 0.0769. The smallest absolute Gasteiger partial charge is 0.151 e.